The van der Waals surface area contributed by atoms with Crippen molar-refractivity contribution < 1.29 is 14.7 Å². The highest BCUT2D eigenvalue weighted by Crippen LogP contribution is 2.19. The van der Waals surface area contributed by atoms with Gasteiger partial charge in [0.05, 0.1) is 5.33 Å². The Balaban J connectivity index is 3.03. The Kier molecular flexibility index (Phi) is 5.58. The van der Waals surface area contributed by atoms with Gasteiger partial charge in [-0.3, -0.25) is 4.79 Å². The molecule has 5 heteroatoms. The molecule has 0 aliphatic carbocycles. The fraction of sp³-hybridized carbons (Fsp3) is 0.167. The molecule has 0 saturated heterocycles. The van der Waals surface area contributed by atoms with Crippen molar-refractivity contribution in [3.63, 3.8) is 0 Å². The molecule has 0 aliphatic rings. The predicted molar refractivity (Wildman–Crippen MR) is 73.3 cm³/mol. The van der Waals surface area contributed by atoms with E-state index in [2.05, 4.69) is 31.9 Å². The van der Waals surface area contributed by atoms with Crippen LogP contribution in [-0.2, 0) is 16.0 Å². The van der Waals surface area contributed by atoms with Crippen LogP contribution in [0.4, 0.5) is 0 Å². The lowest BCUT2D eigenvalue weighted by Crippen LogP contribution is -2.05. The number of ketones is 1. The third-order valence-corrected chi connectivity index (χ3v) is 3.17. The van der Waals surface area contributed by atoms with Crippen molar-refractivity contribution >= 4 is 49.7 Å². The maximum absolute atomic E-state index is 11.4. The van der Waals surface area contributed by atoms with E-state index in [0.29, 0.717) is 5.33 Å². The van der Waals surface area contributed by atoms with Crippen LogP contribution in [0.2, 0.25) is 0 Å². The van der Waals surface area contributed by atoms with Crippen molar-refractivity contribution in [1.29, 1.82) is 0 Å². The number of halogens is 2. The van der Waals surface area contributed by atoms with Crippen molar-refractivity contribution in [2.24, 2.45) is 0 Å². The van der Waals surface area contributed by atoms with Crippen LogP contribution in [0.1, 0.15) is 11.1 Å². The van der Waals surface area contributed by atoms with E-state index >= 15 is 0 Å². The fourth-order valence-corrected chi connectivity index (χ4v) is 1.92. The average molecular weight is 362 g/mol. The summed E-state index contributed by atoms with van der Waals surface area (Å²) >= 11 is 6.43. The van der Waals surface area contributed by atoms with Crippen LogP contribution in [0, 0.1) is 0 Å². The number of benzene rings is 1. The van der Waals surface area contributed by atoms with Crippen LogP contribution >= 0.6 is 31.9 Å². The minimum Gasteiger partial charge on any atom is -0.478 e. The van der Waals surface area contributed by atoms with Crippen LogP contribution < -0.4 is 0 Å². The Hall–Kier alpha value is -0.940. The highest BCUT2D eigenvalue weighted by atomic mass is 79.9. The van der Waals surface area contributed by atoms with E-state index < -0.39 is 5.97 Å². The molecule has 0 bridgehead atoms. The Morgan fingerprint density at radius 1 is 1.35 bits per heavy atom. The van der Waals surface area contributed by atoms with Gasteiger partial charge in [-0.05, 0) is 29.3 Å². The maximum Gasteiger partial charge on any atom is 0.328 e. The lowest BCUT2D eigenvalue weighted by molar-refractivity contribution is -0.131. The molecule has 0 heterocycles. The van der Waals surface area contributed by atoms with E-state index in [9.17, 15) is 9.59 Å². The molecule has 1 rings (SSSR count). The summed E-state index contributed by atoms with van der Waals surface area (Å²) in [7, 11) is 0. The second-order valence-corrected chi connectivity index (χ2v) is 4.84. The molecule has 0 atom stereocenters. The summed E-state index contributed by atoms with van der Waals surface area (Å²) in [4.78, 5) is 21.8. The van der Waals surface area contributed by atoms with E-state index in [0.717, 1.165) is 21.7 Å². The van der Waals surface area contributed by atoms with Crippen LogP contribution in [0.25, 0.3) is 6.08 Å². The van der Waals surface area contributed by atoms with E-state index in [1.807, 2.05) is 12.1 Å². The molecule has 0 fully saturated rings. The van der Waals surface area contributed by atoms with E-state index in [1.165, 1.54) is 6.08 Å². The van der Waals surface area contributed by atoms with Gasteiger partial charge in [0.15, 0.2) is 0 Å². The lowest BCUT2D eigenvalue weighted by atomic mass is 10.0. The monoisotopic (exact) mass is 360 g/mol. The zero-order valence-corrected chi connectivity index (χ0v) is 12.0. The van der Waals surface area contributed by atoms with Crippen LogP contribution in [0.5, 0.6) is 0 Å². The zero-order valence-electron chi connectivity index (χ0n) is 8.82. The van der Waals surface area contributed by atoms with Crippen LogP contribution in [0.15, 0.2) is 28.7 Å². The third-order valence-electron chi connectivity index (χ3n) is 2.05. The maximum atomic E-state index is 11.4. The first kappa shape index (κ1) is 14.1. The van der Waals surface area contributed by atoms with Crippen molar-refractivity contribution in [1.82, 2.24) is 0 Å². The van der Waals surface area contributed by atoms with Gasteiger partial charge in [-0.2, -0.15) is 0 Å². The van der Waals surface area contributed by atoms with Gasteiger partial charge in [-0.15, -0.1) is 0 Å². The van der Waals surface area contributed by atoms with Gasteiger partial charge in [-0.25, -0.2) is 4.79 Å². The Morgan fingerprint density at radius 3 is 2.65 bits per heavy atom. The Bertz CT molecular complexity index is 467. The Labute approximate surface area is 116 Å². The molecule has 0 aliphatic heterocycles. The summed E-state index contributed by atoms with van der Waals surface area (Å²) in [5.74, 6) is -0.959. The smallest absolute Gasteiger partial charge is 0.328 e. The van der Waals surface area contributed by atoms with Gasteiger partial charge in [0.1, 0.15) is 5.78 Å². The number of carboxylic acid groups (broad SMARTS) is 1. The first-order chi connectivity index (χ1) is 8.02. The van der Waals surface area contributed by atoms with Crippen molar-refractivity contribution in [3.8, 4) is 0 Å². The number of Topliss-reactive ketones (excluding diaryl/α,β-unsaturated/α-hetero) is 1. The number of hydrogen-bond acceptors (Lipinski definition) is 2. The molecule has 3 nitrogen and oxygen atoms in total. The highest BCUT2D eigenvalue weighted by Gasteiger charge is 2.06. The topological polar surface area (TPSA) is 54.4 Å². The Morgan fingerprint density at radius 2 is 2.06 bits per heavy atom. The first-order valence-corrected chi connectivity index (χ1v) is 6.71. The largest absolute Gasteiger partial charge is 0.478 e. The molecule has 0 amide bonds. The van der Waals surface area contributed by atoms with Crippen molar-refractivity contribution in [2.45, 2.75) is 6.42 Å². The number of alkyl halides is 1. The zero-order chi connectivity index (χ0) is 12.8. The molecule has 0 aromatic heterocycles. The van der Waals surface area contributed by atoms with Crippen LogP contribution in [0.3, 0.4) is 0 Å². The number of carboxylic acids is 1. The molecule has 0 spiro atoms. The molecule has 1 N–H and O–H groups in total. The molecule has 1 aromatic rings. The molecule has 17 heavy (non-hydrogen) atoms. The molecule has 0 radical (unpaired) electrons. The number of carbonyl (C=O) groups is 2. The standard InChI is InChI=1S/C12H10Br2O3/c13-7-11(15)6-9-5-10(14)3-1-8(9)2-4-12(16)17/h1-5H,6-7H2,(H,16,17)/b4-2+. The van der Waals surface area contributed by atoms with E-state index in [-0.39, 0.29) is 12.2 Å². The van der Waals surface area contributed by atoms with E-state index in [1.54, 1.807) is 6.07 Å². The molecule has 1 aromatic carbocycles. The van der Waals surface area contributed by atoms with Crippen molar-refractivity contribution in [3.05, 3.63) is 39.9 Å². The second-order valence-electron chi connectivity index (χ2n) is 3.36. The lowest BCUT2D eigenvalue weighted by Gasteiger charge is -2.05. The quantitative estimate of drug-likeness (QED) is 0.647. The summed E-state index contributed by atoms with van der Waals surface area (Å²) in [5, 5.41) is 8.87. The molecule has 90 valence electrons. The summed E-state index contributed by atoms with van der Waals surface area (Å²) in [6, 6.07) is 5.41. The van der Waals surface area contributed by atoms with Crippen LogP contribution in [-0.4, -0.2) is 22.2 Å². The molecule has 0 saturated carbocycles. The summed E-state index contributed by atoms with van der Waals surface area (Å²) in [5.41, 5.74) is 1.55. The number of carbonyl (C=O) groups excluding carboxylic acids is 1. The summed E-state index contributed by atoms with van der Waals surface area (Å²) in [6.07, 6.45) is 2.83. The molecular weight excluding hydrogens is 352 g/mol. The molecule has 0 unspecified atom stereocenters. The molecular formula is C12H10Br2O3. The number of rotatable bonds is 5. The van der Waals surface area contributed by atoms with Gasteiger partial charge in [0, 0.05) is 17.0 Å². The number of hydrogen-bond donors (Lipinski definition) is 1. The predicted octanol–water partition coefficient (Wildman–Crippen LogP) is 3.05. The van der Waals surface area contributed by atoms with Gasteiger partial charge in [-0.1, -0.05) is 37.9 Å². The minimum atomic E-state index is -1.01. The van der Waals surface area contributed by atoms with Gasteiger partial charge >= 0.3 is 5.97 Å². The van der Waals surface area contributed by atoms with Crippen molar-refractivity contribution in [2.75, 3.05) is 5.33 Å². The fourth-order valence-electron chi connectivity index (χ4n) is 1.31. The summed E-state index contributed by atoms with van der Waals surface area (Å²) < 4.78 is 0.863. The first-order valence-electron chi connectivity index (χ1n) is 4.80. The number of aliphatic carboxylic acids is 1. The third kappa shape index (κ3) is 4.83. The SMILES string of the molecule is O=C(O)/C=C/c1ccc(Br)cc1CC(=O)CBr. The minimum absolute atomic E-state index is 0.0491. The summed E-state index contributed by atoms with van der Waals surface area (Å²) in [6.45, 7) is 0. The van der Waals surface area contributed by atoms with Gasteiger partial charge in [0.25, 0.3) is 0 Å². The van der Waals surface area contributed by atoms with Gasteiger partial charge in [0.2, 0.25) is 0 Å². The van der Waals surface area contributed by atoms with E-state index in [4.69, 9.17) is 5.11 Å². The highest BCUT2D eigenvalue weighted by molar-refractivity contribution is 9.10. The normalized spacial score (nSPS) is 10.7. The average Bonchev–Trinajstić information content (AvgIpc) is 2.27. The second kappa shape index (κ2) is 6.71. The van der Waals surface area contributed by atoms with Gasteiger partial charge < -0.3 is 5.11 Å².